The van der Waals surface area contributed by atoms with Crippen LogP contribution < -0.4 is 10.5 Å². The molecule has 6 nitrogen and oxygen atoms in total. The number of pyridine rings is 1. The Morgan fingerprint density at radius 2 is 2.05 bits per heavy atom. The molecule has 0 bridgehead atoms. The molecule has 0 aliphatic rings. The molecule has 0 atom stereocenters. The fourth-order valence-corrected chi connectivity index (χ4v) is 3.76. The van der Waals surface area contributed by atoms with Gasteiger partial charge in [0.2, 0.25) is 0 Å². The molecule has 2 aromatic rings. The van der Waals surface area contributed by atoms with Gasteiger partial charge in [0, 0.05) is 11.8 Å². The monoisotopic (exact) mass is 359 g/mol. The second-order valence-electron chi connectivity index (χ2n) is 4.33. The molecule has 0 radical (unpaired) electrons. The SMILES string of the molecule is Cc1cc(C)nc(NS(=O)(=O)c2cc(CN)oc2Br)c1. The Morgan fingerprint density at radius 1 is 1.35 bits per heavy atom. The predicted octanol–water partition coefficient (Wildman–Crippen LogP) is 2.31. The molecular weight excluding hydrogens is 346 g/mol. The highest BCUT2D eigenvalue weighted by Crippen LogP contribution is 2.27. The molecule has 0 aliphatic carbocycles. The molecule has 0 saturated carbocycles. The summed E-state index contributed by atoms with van der Waals surface area (Å²) in [5.41, 5.74) is 7.08. The van der Waals surface area contributed by atoms with Gasteiger partial charge in [0.25, 0.3) is 10.0 Å². The molecule has 2 heterocycles. The number of hydrogen-bond donors (Lipinski definition) is 2. The molecule has 2 rings (SSSR count). The summed E-state index contributed by atoms with van der Waals surface area (Å²) in [6.45, 7) is 3.79. The normalized spacial score (nSPS) is 11.6. The number of anilines is 1. The van der Waals surface area contributed by atoms with Crippen molar-refractivity contribution in [3.05, 3.63) is 39.9 Å². The summed E-state index contributed by atoms with van der Waals surface area (Å²) in [4.78, 5) is 4.14. The molecule has 0 fully saturated rings. The van der Waals surface area contributed by atoms with E-state index in [1.165, 1.54) is 6.07 Å². The van der Waals surface area contributed by atoms with Gasteiger partial charge < -0.3 is 10.2 Å². The predicted molar refractivity (Wildman–Crippen MR) is 78.8 cm³/mol. The molecule has 8 heteroatoms. The third kappa shape index (κ3) is 3.20. The third-order valence-electron chi connectivity index (χ3n) is 2.53. The van der Waals surface area contributed by atoms with Crippen molar-refractivity contribution in [1.29, 1.82) is 0 Å². The minimum atomic E-state index is -3.78. The zero-order chi connectivity index (χ0) is 14.9. The molecule has 0 saturated heterocycles. The topological polar surface area (TPSA) is 98.2 Å². The molecule has 108 valence electrons. The number of furan rings is 1. The number of nitrogens with two attached hydrogens (primary N) is 1. The number of sulfonamides is 1. The quantitative estimate of drug-likeness (QED) is 0.872. The minimum Gasteiger partial charge on any atom is -0.452 e. The van der Waals surface area contributed by atoms with Gasteiger partial charge in [0.05, 0.1) is 6.54 Å². The van der Waals surface area contributed by atoms with Crippen LogP contribution in [-0.2, 0) is 16.6 Å². The Bertz CT molecular complexity index is 720. The van der Waals surface area contributed by atoms with Gasteiger partial charge in [-0.15, -0.1) is 0 Å². The van der Waals surface area contributed by atoms with E-state index in [1.54, 1.807) is 13.0 Å². The molecule has 3 N–H and O–H groups in total. The summed E-state index contributed by atoms with van der Waals surface area (Å²) in [5.74, 6) is 0.649. The van der Waals surface area contributed by atoms with E-state index in [9.17, 15) is 8.42 Å². The van der Waals surface area contributed by atoms with Crippen LogP contribution in [0.3, 0.4) is 0 Å². The second kappa shape index (κ2) is 5.55. The van der Waals surface area contributed by atoms with Crippen molar-refractivity contribution in [1.82, 2.24) is 4.98 Å². The van der Waals surface area contributed by atoms with Crippen LogP contribution in [0.2, 0.25) is 0 Å². The Morgan fingerprint density at radius 3 is 2.60 bits per heavy atom. The lowest BCUT2D eigenvalue weighted by molar-refractivity contribution is 0.484. The molecule has 0 aromatic carbocycles. The highest BCUT2D eigenvalue weighted by Gasteiger charge is 2.22. The maximum atomic E-state index is 12.3. The van der Waals surface area contributed by atoms with E-state index in [0.29, 0.717) is 5.76 Å². The zero-order valence-electron chi connectivity index (χ0n) is 11.0. The third-order valence-corrected chi connectivity index (χ3v) is 4.75. The van der Waals surface area contributed by atoms with E-state index in [2.05, 4.69) is 25.6 Å². The molecule has 0 aliphatic heterocycles. The fourth-order valence-electron chi connectivity index (χ4n) is 1.77. The van der Waals surface area contributed by atoms with Gasteiger partial charge in [-0.25, -0.2) is 13.4 Å². The van der Waals surface area contributed by atoms with E-state index >= 15 is 0 Å². The molecule has 2 aromatic heterocycles. The van der Waals surface area contributed by atoms with Crippen LogP contribution >= 0.6 is 15.9 Å². The van der Waals surface area contributed by atoms with Crippen LogP contribution in [0.5, 0.6) is 0 Å². The van der Waals surface area contributed by atoms with Crippen molar-refractivity contribution in [2.45, 2.75) is 25.3 Å². The number of aromatic nitrogens is 1. The first-order valence-electron chi connectivity index (χ1n) is 5.78. The van der Waals surface area contributed by atoms with Crippen molar-refractivity contribution in [3.63, 3.8) is 0 Å². The van der Waals surface area contributed by atoms with Gasteiger partial charge >= 0.3 is 0 Å². The van der Waals surface area contributed by atoms with Gasteiger partial charge in [-0.3, -0.25) is 4.72 Å². The number of nitrogens with zero attached hydrogens (tertiary/aromatic N) is 1. The summed E-state index contributed by atoms with van der Waals surface area (Å²) < 4.78 is 32.3. The summed E-state index contributed by atoms with van der Waals surface area (Å²) in [6.07, 6.45) is 0. The van der Waals surface area contributed by atoms with Crippen molar-refractivity contribution in [2.75, 3.05) is 4.72 Å². The van der Waals surface area contributed by atoms with E-state index in [4.69, 9.17) is 10.2 Å². The van der Waals surface area contributed by atoms with Crippen molar-refractivity contribution < 1.29 is 12.8 Å². The van der Waals surface area contributed by atoms with Crippen LogP contribution in [-0.4, -0.2) is 13.4 Å². The lowest BCUT2D eigenvalue weighted by atomic mass is 10.2. The van der Waals surface area contributed by atoms with E-state index in [0.717, 1.165) is 11.3 Å². The summed E-state index contributed by atoms with van der Waals surface area (Å²) in [7, 11) is -3.78. The first-order valence-corrected chi connectivity index (χ1v) is 8.06. The number of hydrogen-bond acceptors (Lipinski definition) is 5. The molecule has 0 unspecified atom stereocenters. The first-order chi connectivity index (χ1) is 9.31. The lowest BCUT2D eigenvalue weighted by Crippen LogP contribution is -2.14. The highest BCUT2D eigenvalue weighted by molar-refractivity contribution is 9.10. The lowest BCUT2D eigenvalue weighted by Gasteiger charge is -2.07. The smallest absolute Gasteiger partial charge is 0.267 e. The second-order valence-corrected chi connectivity index (χ2v) is 6.70. The molecule has 0 spiro atoms. The van der Waals surface area contributed by atoms with Crippen LogP contribution in [0.25, 0.3) is 0 Å². The average molecular weight is 360 g/mol. The van der Waals surface area contributed by atoms with Crippen molar-refractivity contribution in [2.24, 2.45) is 5.73 Å². The fraction of sp³-hybridized carbons (Fsp3) is 0.250. The number of rotatable bonds is 4. The largest absolute Gasteiger partial charge is 0.452 e. The number of nitrogens with one attached hydrogen (secondary N) is 1. The van der Waals surface area contributed by atoms with Crippen molar-refractivity contribution >= 4 is 31.8 Å². The van der Waals surface area contributed by atoms with E-state index < -0.39 is 10.0 Å². The molecular formula is C12H14BrN3O3S. The van der Waals surface area contributed by atoms with E-state index in [-0.39, 0.29) is 21.9 Å². The van der Waals surface area contributed by atoms with Crippen LogP contribution in [0.1, 0.15) is 17.0 Å². The van der Waals surface area contributed by atoms with Crippen molar-refractivity contribution in [3.8, 4) is 0 Å². The van der Waals surface area contributed by atoms with Crippen LogP contribution in [0.4, 0.5) is 5.82 Å². The Balaban J connectivity index is 2.37. The van der Waals surface area contributed by atoms with Crippen LogP contribution in [0.15, 0.2) is 32.2 Å². The summed E-state index contributed by atoms with van der Waals surface area (Å²) in [5, 5.41) is 0. The molecule has 0 amide bonds. The summed E-state index contributed by atoms with van der Waals surface area (Å²) >= 11 is 3.07. The Kier molecular flexibility index (Phi) is 4.17. The number of aryl methyl sites for hydroxylation is 2. The van der Waals surface area contributed by atoms with Gasteiger partial charge in [-0.1, -0.05) is 0 Å². The standard InChI is InChI=1S/C12H14BrN3O3S/c1-7-3-8(2)15-11(4-7)16-20(17,18)10-5-9(6-14)19-12(10)13/h3-5H,6,14H2,1-2H3,(H,15,16). The van der Waals surface area contributed by atoms with Gasteiger partial charge in [-0.05, 0) is 47.5 Å². The Hall–Kier alpha value is -1.38. The zero-order valence-corrected chi connectivity index (χ0v) is 13.4. The maximum absolute atomic E-state index is 12.3. The van der Waals surface area contributed by atoms with Gasteiger partial charge in [0.1, 0.15) is 16.5 Å². The molecule has 20 heavy (non-hydrogen) atoms. The summed E-state index contributed by atoms with van der Waals surface area (Å²) in [6, 6.07) is 4.90. The van der Waals surface area contributed by atoms with E-state index in [1.807, 2.05) is 13.0 Å². The van der Waals surface area contributed by atoms with Gasteiger partial charge in [-0.2, -0.15) is 0 Å². The first kappa shape index (κ1) is 15.0. The highest BCUT2D eigenvalue weighted by atomic mass is 79.9. The number of halogens is 1. The maximum Gasteiger partial charge on any atom is 0.267 e. The Labute approximate surface area is 125 Å². The minimum absolute atomic E-state index is 0.00101. The van der Waals surface area contributed by atoms with Gasteiger partial charge in [0.15, 0.2) is 4.67 Å². The average Bonchev–Trinajstić information content (AvgIpc) is 2.69. The van der Waals surface area contributed by atoms with Crippen LogP contribution in [0, 0.1) is 13.8 Å².